The molecule has 5 N–H and O–H groups in total. The Morgan fingerprint density at radius 2 is 2.25 bits per heavy atom. The van der Waals surface area contributed by atoms with Gasteiger partial charge in [-0.2, -0.15) is 0 Å². The highest BCUT2D eigenvalue weighted by atomic mass is 19.1. The zero-order valence-corrected chi connectivity index (χ0v) is 7.09. The van der Waals surface area contributed by atoms with Gasteiger partial charge < -0.3 is 16.6 Å². The van der Waals surface area contributed by atoms with E-state index in [2.05, 4.69) is 0 Å². The number of rotatable bonds is 5. The molecule has 0 aromatic rings. The molecule has 12 heavy (non-hydrogen) atoms. The first-order chi connectivity index (χ1) is 5.42. The lowest BCUT2D eigenvalue weighted by Crippen LogP contribution is -2.50. The number of halogens is 1. The van der Waals surface area contributed by atoms with E-state index in [1.54, 1.807) is 6.92 Å². The van der Waals surface area contributed by atoms with Crippen LogP contribution < -0.4 is 11.5 Å². The number of carboxylic acids is 1. The minimum absolute atomic E-state index is 0.0660. The van der Waals surface area contributed by atoms with Gasteiger partial charge in [-0.25, -0.2) is 4.39 Å². The van der Waals surface area contributed by atoms with E-state index < -0.39 is 18.2 Å². The molecule has 2 atom stereocenters. The van der Waals surface area contributed by atoms with Crippen molar-refractivity contribution in [1.82, 2.24) is 0 Å². The second kappa shape index (κ2) is 4.37. The third-order valence-electron chi connectivity index (χ3n) is 1.71. The summed E-state index contributed by atoms with van der Waals surface area (Å²) < 4.78 is 12.2. The van der Waals surface area contributed by atoms with Crippen molar-refractivity contribution in [3.8, 4) is 0 Å². The van der Waals surface area contributed by atoms with E-state index in [9.17, 15) is 9.18 Å². The Balaban J connectivity index is 4.06. The van der Waals surface area contributed by atoms with E-state index in [0.717, 1.165) is 0 Å². The van der Waals surface area contributed by atoms with Gasteiger partial charge in [0.15, 0.2) is 0 Å². The van der Waals surface area contributed by atoms with Crippen LogP contribution in [0.3, 0.4) is 0 Å². The van der Waals surface area contributed by atoms with Crippen LogP contribution in [-0.2, 0) is 4.79 Å². The summed E-state index contributed by atoms with van der Waals surface area (Å²) in [6.07, 6.45) is 0.475. The summed E-state index contributed by atoms with van der Waals surface area (Å²) in [7, 11) is 0. The fraction of sp³-hybridized carbons (Fsp3) is 0.857. The Morgan fingerprint density at radius 1 is 1.75 bits per heavy atom. The van der Waals surface area contributed by atoms with Gasteiger partial charge in [0.25, 0.3) is 0 Å². The van der Waals surface area contributed by atoms with Gasteiger partial charge in [-0.1, -0.05) is 0 Å². The fourth-order valence-corrected chi connectivity index (χ4v) is 0.716. The van der Waals surface area contributed by atoms with Crippen LogP contribution in [-0.4, -0.2) is 29.3 Å². The minimum atomic E-state index is -1.76. The average molecular weight is 178 g/mol. The second-order valence-corrected chi connectivity index (χ2v) is 3.11. The van der Waals surface area contributed by atoms with E-state index in [1.165, 1.54) is 0 Å². The Hall–Kier alpha value is -0.680. The van der Waals surface area contributed by atoms with Crippen LogP contribution in [0.15, 0.2) is 0 Å². The van der Waals surface area contributed by atoms with Crippen molar-refractivity contribution in [2.75, 3.05) is 6.67 Å². The Bertz CT molecular complexity index is 163. The predicted molar refractivity (Wildman–Crippen MR) is 43.4 cm³/mol. The van der Waals surface area contributed by atoms with Gasteiger partial charge in [0.1, 0.15) is 12.2 Å². The SMILES string of the molecule is CC(N)CCC(N)(CF)C(=O)O. The van der Waals surface area contributed by atoms with E-state index in [1.807, 2.05) is 0 Å². The van der Waals surface area contributed by atoms with Crippen molar-refractivity contribution < 1.29 is 14.3 Å². The molecule has 0 aliphatic rings. The van der Waals surface area contributed by atoms with E-state index in [-0.39, 0.29) is 12.5 Å². The fourth-order valence-electron chi connectivity index (χ4n) is 0.716. The molecule has 0 spiro atoms. The number of hydrogen-bond donors (Lipinski definition) is 3. The second-order valence-electron chi connectivity index (χ2n) is 3.11. The molecule has 72 valence electrons. The summed E-state index contributed by atoms with van der Waals surface area (Å²) in [5.74, 6) is -1.31. The summed E-state index contributed by atoms with van der Waals surface area (Å²) in [5.41, 5.74) is 8.89. The highest BCUT2D eigenvalue weighted by Crippen LogP contribution is 2.11. The maximum Gasteiger partial charge on any atom is 0.326 e. The molecule has 0 amide bonds. The van der Waals surface area contributed by atoms with Gasteiger partial charge in [-0.3, -0.25) is 4.79 Å². The topological polar surface area (TPSA) is 89.3 Å². The van der Waals surface area contributed by atoms with Crippen LogP contribution in [0.1, 0.15) is 19.8 Å². The predicted octanol–water partition coefficient (Wildman–Crippen LogP) is -0.135. The molecule has 0 aliphatic heterocycles. The molecular weight excluding hydrogens is 163 g/mol. The summed E-state index contributed by atoms with van der Waals surface area (Å²) >= 11 is 0. The zero-order valence-electron chi connectivity index (χ0n) is 7.09. The maximum absolute atomic E-state index is 12.2. The number of aliphatic carboxylic acids is 1. The Kier molecular flexibility index (Phi) is 4.12. The highest BCUT2D eigenvalue weighted by molar-refractivity contribution is 5.78. The molecule has 0 saturated heterocycles. The molecular formula is C7H15FN2O2. The Morgan fingerprint density at radius 3 is 2.50 bits per heavy atom. The normalized spacial score (nSPS) is 18.3. The minimum Gasteiger partial charge on any atom is -0.480 e. The molecule has 2 unspecified atom stereocenters. The van der Waals surface area contributed by atoms with Crippen molar-refractivity contribution in [1.29, 1.82) is 0 Å². The van der Waals surface area contributed by atoms with Gasteiger partial charge in [-0.05, 0) is 19.8 Å². The first kappa shape index (κ1) is 11.3. The quantitative estimate of drug-likeness (QED) is 0.547. The summed E-state index contributed by atoms with van der Waals surface area (Å²) in [5, 5.41) is 8.54. The van der Waals surface area contributed by atoms with Gasteiger partial charge >= 0.3 is 5.97 Å². The van der Waals surface area contributed by atoms with Gasteiger partial charge in [0.2, 0.25) is 0 Å². The molecule has 0 aromatic heterocycles. The summed E-state index contributed by atoms with van der Waals surface area (Å²) in [6, 6.07) is -0.154. The van der Waals surface area contributed by atoms with Crippen LogP contribution in [0.4, 0.5) is 4.39 Å². The number of carboxylic acid groups (broad SMARTS) is 1. The standard InChI is InChI=1S/C7H15FN2O2/c1-5(9)2-3-7(10,4-8)6(11)12/h5H,2-4,9-10H2,1H3,(H,11,12). The summed E-state index contributed by atoms with van der Waals surface area (Å²) in [4.78, 5) is 10.5. The van der Waals surface area contributed by atoms with Crippen LogP contribution in [0.2, 0.25) is 0 Å². The molecule has 0 rings (SSSR count). The molecule has 5 heteroatoms. The molecule has 0 saturated carbocycles. The molecule has 0 aromatic carbocycles. The molecule has 4 nitrogen and oxygen atoms in total. The molecule has 0 heterocycles. The molecule has 0 bridgehead atoms. The first-order valence-electron chi connectivity index (χ1n) is 3.76. The van der Waals surface area contributed by atoms with Crippen molar-refractivity contribution in [3.63, 3.8) is 0 Å². The van der Waals surface area contributed by atoms with Gasteiger partial charge in [-0.15, -0.1) is 0 Å². The number of carbonyl (C=O) groups is 1. The molecule has 0 fully saturated rings. The smallest absolute Gasteiger partial charge is 0.326 e. The van der Waals surface area contributed by atoms with E-state index >= 15 is 0 Å². The van der Waals surface area contributed by atoms with Crippen LogP contribution in [0.5, 0.6) is 0 Å². The highest BCUT2D eigenvalue weighted by Gasteiger charge is 2.33. The van der Waals surface area contributed by atoms with Crippen molar-refractivity contribution in [2.24, 2.45) is 11.5 Å². The van der Waals surface area contributed by atoms with E-state index in [0.29, 0.717) is 6.42 Å². The van der Waals surface area contributed by atoms with Crippen LogP contribution in [0.25, 0.3) is 0 Å². The average Bonchev–Trinajstić information content (AvgIpc) is 1.99. The number of hydrogen-bond acceptors (Lipinski definition) is 3. The number of alkyl halides is 1. The third-order valence-corrected chi connectivity index (χ3v) is 1.71. The lowest BCUT2D eigenvalue weighted by atomic mass is 9.94. The first-order valence-corrected chi connectivity index (χ1v) is 3.76. The summed E-state index contributed by atoms with van der Waals surface area (Å²) in [6.45, 7) is 0.662. The largest absolute Gasteiger partial charge is 0.480 e. The van der Waals surface area contributed by atoms with Crippen molar-refractivity contribution >= 4 is 5.97 Å². The molecule has 0 aliphatic carbocycles. The maximum atomic E-state index is 12.2. The Labute approximate surface area is 70.7 Å². The van der Waals surface area contributed by atoms with Crippen LogP contribution in [0, 0.1) is 0 Å². The third kappa shape index (κ3) is 3.15. The monoisotopic (exact) mass is 178 g/mol. The number of nitrogens with two attached hydrogens (primary N) is 2. The van der Waals surface area contributed by atoms with Crippen LogP contribution >= 0.6 is 0 Å². The van der Waals surface area contributed by atoms with E-state index in [4.69, 9.17) is 16.6 Å². The van der Waals surface area contributed by atoms with Gasteiger partial charge in [0.05, 0.1) is 0 Å². The lowest BCUT2D eigenvalue weighted by Gasteiger charge is -2.21. The van der Waals surface area contributed by atoms with Crippen molar-refractivity contribution in [3.05, 3.63) is 0 Å². The molecule has 0 radical (unpaired) electrons. The lowest BCUT2D eigenvalue weighted by molar-refractivity contribution is -0.144. The van der Waals surface area contributed by atoms with Gasteiger partial charge in [0, 0.05) is 6.04 Å². The van der Waals surface area contributed by atoms with Crippen molar-refractivity contribution in [2.45, 2.75) is 31.3 Å². The zero-order chi connectivity index (χ0) is 9.78.